The van der Waals surface area contributed by atoms with Crippen LogP contribution in [0.25, 0.3) is 0 Å². The van der Waals surface area contributed by atoms with Crippen molar-refractivity contribution in [2.24, 2.45) is 0 Å². The number of rotatable bonds is 3. The molecule has 7 heteroatoms. The highest BCUT2D eigenvalue weighted by Gasteiger charge is 2.16. The lowest BCUT2D eigenvalue weighted by Crippen LogP contribution is -1.99. The molecule has 0 radical (unpaired) electrons. The predicted octanol–water partition coefficient (Wildman–Crippen LogP) is 4.84. The van der Waals surface area contributed by atoms with Crippen LogP contribution in [0.5, 0.6) is 0 Å². The topological polar surface area (TPSA) is 42.0 Å². The van der Waals surface area contributed by atoms with Crippen LogP contribution in [0.2, 0.25) is 10.0 Å². The van der Waals surface area contributed by atoms with Gasteiger partial charge < -0.3 is 5.32 Å². The summed E-state index contributed by atoms with van der Waals surface area (Å²) in [6.07, 6.45) is 0. The summed E-state index contributed by atoms with van der Waals surface area (Å²) >= 11 is 12.6. The van der Waals surface area contributed by atoms with E-state index in [0.29, 0.717) is 21.9 Å². The van der Waals surface area contributed by atoms with Crippen molar-refractivity contribution in [2.75, 3.05) is 5.32 Å². The molecule has 0 spiro atoms. The van der Waals surface area contributed by atoms with Gasteiger partial charge in [0.2, 0.25) is 0 Å². The van der Waals surface area contributed by atoms with E-state index in [-0.39, 0.29) is 15.8 Å². The minimum atomic E-state index is -0.666. The largest absolute Gasteiger partial charge is 0.345 e. The van der Waals surface area contributed by atoms with Gasteiger partial charge in [-0.1, -0.05) is 23.2 Å². The van der Waals surface area contributed by atoms with Gasteiger partial charge in [-0.15, -0.1) is 0 Å². The number of aromatic nitrogens is 1. The molecule has 3 nitrogen and oxygen atoms in total. The number of hydrogen-bond donors (Lipinski definition) is 1. The first-order valence-electron chi connectivity index (χ1n) is 5.29. The summed E-state index contributed by atoms with van der Waals surface area (Å²) in [5, 5.41) is 3.40. The average Bonchev–Trinajstić information content (AvgIpc) is 2.67. The quantitative estimate of drug-likeness (QED) is 0.650. The van der Waals surface area contributed by atoms with Gasteiger partial charge in [-0.25, -0.2) is 4.39 Å². The van der Waals surface area contributed by atoms with E-state index in [1.807, 2.05) is 0 Å². The zero-order valence-corrected chi connectivity index (χ0v) is 12.4. The number of carbonyl (C=O) groups excluding carboxylic acids is 1. The van der Waals surface area contributed by atoms with Crippen LogP contribution >= 0.6 is 34.7 Å². The molecule has 100 valence electrons. The first-order valence-corrected chi connectivity index (χ1v) is 6.82. The molecule has 1 heterocycles. The van der Waals surface area contributed by atoms with Crippen molar-refractivity contribution in [3.8, 4) is 0 Å². The highest BCUT2D eigenvalue weighted by Crippen LogP contribution is 2.32. The van der Waals surface area contributed by atoms with Gasteiger partial charge in [0.15, 0.2) is 11.6 Å². The van der Waals surface area contributed by atoms with Crippen LogP contribution in [0.3, 0.4) is 0 Å². The number of ketones is 1. The third kappa shape index (κ3) is 2.88. The molecule has 0 atom stereocenters. The highest BCUT2D eigenvalue weighted by atomic mass is 35.5. The van der Waals surface area contributed by atoms with E-state index >= 15 is 0 Å². The van der Waals surface area contributed by atoms with Gasteiger partial charge in [0.1, 0.15) is 5.00 Å². The van der Waals surface area contributed by atoms with Crippen LogP contribution in [0.1, 0.15) is 23.0 Å². The molecule has 0 unspecified atom stereocenters. The molecule has 0 saturated heterocycles. The smallest absolute Gasteiger partial charge is 0.164 e. The van der Waals surface area contributed by atoms with Crippen molar-refractivity contribution in [3.05, 3.63) is 39.3 Å². The zero-order valence-electron chi connectivity index (χ0n) is 10.1. The van der Waals surface area contributed by atoms with Crippen LogP contribution in [-0.2, 0) is 0 Å². The number of Topliss-reactive ketones (excluding diaryl/α,β-unsaturated/α-hetero) is 1. The Bertz CT molecular complexity index is 634. The number of benzene rings is 1. The maximum Gasteiger partial charge on any atom is 0.164 e. The lowest BCUT2D eigenvalue weighted by Gasteiger charge is -2.07. The Morgan fingerprint density at radius 1 is 1.37 bits per heavy atom. The van der Waals surface area contributed by atoms with Gasteiger partial charge in [0.05, 0.1) is 21.3 Å². The van der Waals surface area contributed by atoms with E-state index in [0.717, 1.165) is 11.5 Å². The predicted molar refractivity (Wildman–Crippen MR) is 76.6 cm³/mol. The first kappa shape index (κ1) is 14.2. The SMILES string of the molecule is CC(=O)c1c(C)nsc1Nc1cc(Cl)c(F)c(Cl)c1. The fraction of sp³-hybridized carbons (Fsp3) is 0.167. The van der Waals surface area contributed by atoms with Crippen LogP contribution in [0.15, 0.2) is 12.1 Å². The van der Waals surface area contributed by atoms with Gasteiger partial charge in [-0.05, 0) is 37.5 Å². The minimum Gasteiger partial charge on any atom is -0.345 e. The molecule has 0 saturated carbocycles. The number of carbonyl (C=O) groups is 1. The van der Waals surface area contributed by atoms with E-state index in [1.54, 1.807) is 6.92 Å². The van der Waals surface area contributed by atoms with Gasteiger partial charge >= 0.3 is 0 Å². The Balaban J connectivity index is 2.39. The van der Waals surface area contributed by atoms with E-state index in [9.17, 15) is 9.18 Å². The van der Waals surface area contributed by atoms with Crippen LogP contribution in [-0.4, -0.2) is 10.2 Å². The van der Waals surface area contributed by atoms with E-state index in [2.05, 4.69) is 9.69 Å². The van der Waals surface area contributed by atoms with E-state index in [4.69, 9.17) is 23.2 Å². The van der Waals surface area contributed by atoms with Crippen molar-refractivity contribution in [2.45, 2.75) is 13.8 Å². The van der Waals surface area contributed by atoms with Crippen molar-refractivity contribution in [1.82, 2.24) is 4.37 Å². The summed E-state index contributed by atoms with van der Waals surface area (Å²) in [5.74, 6) is -0.755. The Labute approximate surface area is 123 Å². The Morgan fingerprint density at radius 2 is 1.95 bits per heavy atom. The third-order valence-electron chi connectivity index (χ3n) is 2.46. The molecule has 1 aromatic heterocycles. The second-order valence-corrected chi connectivity index (χ2v) is 5.49. The number of hydrogen-bond acceptors (Lipinski definition) is 4. The standard InChI is InChI=1S/C12H9Cl2FN2OS/c1-5-10(6(2)18)12(19-17-5)16-7-3-8(13)11(15)9(14)4-7/h3-4,16H,1-2H3. The molecule has 0 aliphatic rings. The lowest BCUT2D eigenvalue weighted by molar-refractivity contribution is 0.101. The molecule has 2 rings (SSSR count). The normalized spacial score (nSPS) is 10.6. The summed E-state index contributed by atoms with van der Waals surface area (Å²) in [4.78, 5) is 11.5. The maximum absolute atomic E-state index is 13.3. The van der Waals surface area contributed by atoms with Gasteiger partial charge in [-0.3, -0.25) is 4.79 Å². The Hall–Kier alpha value is -1.17. The van der Waals surface area contributed by atoms with E-state index < -0.39 is 5.82 Å². The summed E-state index contributed by atoms with van der Waals surface area (Å²) in [7, 11) is 0. The molecular weight excluding hydrogens is 310 g/mol. The molecule has 2 aromatic rings. The van der Waals surface area contributed by atoms with Gasteiger partial charge in [0.25, 0.3) is 0 Å². The fourth-order valence-electron chi connectivity index (χ4n) is 1.63. The number of nitrogens with zero attached hydrogens (tertiary/aromatic N) is 1. The van der Waals surface area contributed by atoms with Gasteiger partial charge in [-0.2, -0.15) is 4.37 Å². The van der Waals surface area contributed by atoms with Gasteiger partial charge in [0, 0.05) is 5.69 Å². The highest BCUT2D eigenvalue weighted by molar-refractivity contribution is 7.10. The monoisotopic (exact) mass is 318 g/mol. The Morgan fingerprint density at radius 3 is 2.47 bits per heavy atom. The summed E-state index contributed by atoms with van der Waals surface area (Å²) in [5.41, 5.74) is 1.67. The minimum absolute atomic E-state index is 0.0828. The van der Waals surface area contributed by atoms with Crippen molar-refractivity contribution in [3.63, 3.8) is 0 Å². The molecule has 19 heavy (non-hydrogen) atoms. The van der Waals surface area contributed by atoms with Crippen molar-refractivity contribution >= 4 is 51.2 Å². The zero-order chi connectivity index (χ0) is 14.2. The molecule has 0 amide bonds. The molecule has 0 aliphatic carbocycles. The number of anilines is 2. The second kappa shape index (κ2) is 5.45. The van der Waals surface area contributed by atoms with Crippen LogP contribution < -0.4 is 5.32 Å². The molecule has 0 fully saturated rings. The summed E-state index contributed by atoms with van der Waals surface area (Å²) in [6, 6.07) is 2.81. The molecule has 1 N–H and O–H groups in total. The van der Waals surface area contributed by atoms with E-state index in [1.165, 1.54) is 19.1 Å². The fourth-order valence-corrected chi connectivity index (χ4v) is 2.98. The average molecular weight is 319 g/mol. The van der Waals surface area contributed by atoms with Crippen LogP contribution in [0, 0.1) is 12.7 Å². The molecule has 0 aliphatic heterocycles. The van der Waals surface area contributed by atoms with Crippen LogP contribution in [0.4, 0.5) is 15.1 Å². The third-order valence-corrected chi connectivity index (χ3v) is 3.86. The number of nitrogens with one attached hydrogen (secondary N) is 1. The second-order valence-electron chi connectivity index (χ2n) is 3.91. The molecule has 0 bridgehead atoms. The van der Waals surface area contributed by atoms with Crippen molar-refractivity contribution < 1.29 is 9.18 Å². The molecular formula is C12H9Cl2FN2OS. The van der Waals surface area contributed by atoms with Crippen molar-refractivity contribution in [1.29, 1.82) is 0 Å². The Kier molecular flexibility index (Phi) is 4.08. The number of aryl methyl sites for hydroxylation is 1. The lowest BCUT2D eigenvalue weighted by atomic mass is 10.2. The summed E-state index contributed by atoms with van der Waals surface area (Å²) < 4.78 is 17.4. The first-order chi connectivity index (χ1) is 8.90. The molecule has 1 aromatic carbocycles. The number of halogens is 3. The summed E-state index contributed by atoms with van der Waals surface area (Å²) in [6.45, 7) is 3.22. The maximum atomic E-state index is 13.3.